The topological polar surface area (TPSA) is 66.9 Å². The number of piperidine rings is 1. The first-order valence-corrected chi connectivity index (χ1v) is 10.2. The summed E-state index contributed by atoms with van der Waals surface area (Å²) in [6.45, 7) is 4.22. The van der Waals surface area contributed by atoms with E-state index in [0.29, 0.717) is 16.6 Å². The van der Waals surface area contributed by atoms with Crippen molar-refractivity contribution in [2.75, 3.05) is 32.1 Å². The zero-order chi connectivity index (χ0) is 20.7. The molecule has 7 heteroatoms. The fourth-order valence-electron chi connectivity index (χ4n) is 4.13. The number of aryl methyl sites for hydroxylation is 1. The van der Waals surface area contributed by atoms with Crippen LogP contribution < -0.4 is 10.6 Å². The third-order valence-electron chi connectivity index (χ3n) is 5.87. The number of carbonyl (C=O) groups excluding carboxylic acids is 1. The maximum Gasteiger partial charge on any atom is 0.267 e. The number of nitrogens with two attached hydrogens (primary N) is 1. The molecular weight excluding hydrogens is 386 g/mol. The maximum atomic E-state index is 11.7. The van der Waals surface area contributed by atoms with E-state index in [1.165, 1.54) is 23.0 Å². The average Bonchev–Trinajstić information content (AvgIpc) is 3.04. The van der Waals surface area contributed by atoms with Gasteiger partial charge in [-0.05, 0) is 69.8 Å². The van der Waals surface area contributed by atoms with E-state index in [2.05, 4.69) is 54.1 Å². The second kappa shape index (κ2) is 7.69. The van der Waals surface area contributed by atoms with Crippen molar-refractivity contribution in [2.45, 2.75) is 25.8 Å². The van der Waals surface area contributed by atoms with E-state index >= 15 is 0 Å². The first-order chi connectivity index (χ1) is 13.8. The fraction of sp³-hybridized carbons (Fsp3) is 0.364. The second-order valence-electron chi connectivity index (χ2n) is 7.94. The summed E-state index contributed by atoms with van der Waals surface area (Å²) in [5.41, 5.74) is 10.6. The molecule has 1 saturated heterocycles. The smallest absolute Gasteiger partial charge is 0.267 e. The molecule has 0 atom stereocenters. The van der Waals surface area contributed by atoms with Gasteiger partial charge >= 0.3 is 0 Å². The molecule has 3 aromatic rings. The number of fused-ring (bicyclic) bond motifs is 1. The maximum absolute atomic E-state index is 11.7. The molecule has 1 amide bonds. The number of carbonyl (C=O) groups is 1. The molecule has 0 saturated carbocycles. The number of benzene rings is 1. The molecule has 1 fully saturated rings. The van der Waals surface area contributed by atoms with E-state index in [0.717, 1.165) is 29.9 Å². The summed E-state index contributed by atoms with van der Waals surface area (Å²) in [6.07, 6.45) is 2.35. The predicted molar refractivity (Wildman–Crippen MR) is 118 cm³/mol. The SMILES string of the molecule is Cc1cc(N2CCC(N(C)C)CC2)ccc1-c1ccc2c(Cl)cc(C(N)=O)n2n1. The minimum Gasteiger partial charge on any atom is -0.371 e. The van der Waals surface area contributed by atoms with Crippen molar-refractivity contribution >= 4 is 28.7 Å². The highest BCUT2D eigenvalue weighted by molar-refractivity contribution is 6.34. The minimum absolute atomic E-state index is 0.282. The van der Waals surface area contributed by atoms with Gasteiger partial charge in [-0.25, -0.2) is 4.52 Å². The highest BCUT2D eigenvalue weighted by Gasteiger charge is 2.21. The number of hydrogen-bond acceptors (Lipinski definition) is 4. The fourth-order valence-corrected chi connectivity index (χ4v) is 4.38. The summed E-state index contributed by atoms with van der Waals surface area (Å²) in [4.78, 5) is 16.5. The second-order valence-corrected chi connectivity index (χ2v) is 8.35. The summed E-state index contributed by atoms with van der Waals surface area (Å²) in [5, 5.41) is 5.10. The van der Waals surface area contributed by atoms with Crippen LogP contribution in [-0.2, 0) is 0 Å². The molecule has 0 spiro atoms. The first-order valence-electron chi connectivity index (χ1n) is 9.85. The van der Waals surface area contributed by atoms with Crippen LogP contribution in [0.4, 0.5) is 5.69 Å². The molecule has 1 aliphatic heterocycles. The van der Waals surface area contributed by atoms with E-state index in [1.54, 1.807) is 6.07 Å². The van der Waals surface area contributed by atoms with Crippen LogP contribution in [0.2, 0.25) is 5.02 Å². The molecule has 0 radical (unpaired) electrons. The standard InChI is InChI=1S/C22H26ClN5O/c1-14-12-16(27-10-8-15(9-11-27)26(2)3)4-5-17(14)19-6-7-20-18(23)13-21(22(24)29)28(20)25-19/h4-7,12-13,15H,8-11H2,1-3H3,(H2,24,29). The van der Waals surface area contributed by atoms with E-state index < -0.39 is 5.91 Å². The number of hydrogen-bond donors (Lipinski definition) is 1. The molecule has 0 bridgehead atoms. The third-order valence-corrected chi connectivity index (χ3v) is 6.17. The van der Waals surface area contributed by atoms with Crippen molar-refractivity contribution in [2.24, 2.45) is 5.73 Å². The zero-order valence-electron chi connectivity index (χ0n) is 17.0. The third kappa shape index (κ3) is 3.70. The molecule has 29 heavy (non-hydrogen) atoms. The Balaban J connectivity index is 1.63. The molecule has 2 aromatic heterocycles. The Morgan fingerprint density at radius 2 is 1.90 bits per heavy atom. The predicted octanol–water partition coefficient (Wildman–Crippen LogP) is 3.59. The van der Waals surface area contributed by atoms with Crippen LogP contribution >= 0.6 is 11.6 Å². The Labute approximate surface area is 175 Å². The number of rotatable bonds is 4. The number of primary amides is 1. The summed E-state index contributed by atoms with van der Waals surface area (Å²) >= 11 is 6.21. The Morgan fingerprint density at radius 3 is 2.52 bits per heavy atom. The van der Waals surface area contributed by atoms with Gasteiger partial charge in [0.25, 0.3) is 5.91 Å². The van der Waals surface area contributed by atoms with Crippen molar-refractivity contribution in [1.82, 2.24) is 14.5 Å². The number of nitrogens with zero attached hydrogens (tertiary/aromatic N) is 4. The molecule has 0 unspecified atom stereocenters. The number of anilines is 1. The zero-order valence-corrected chi connectivity index (χ0v) is 17.8. The monoisotopic (exact) mass is 411 g/mol. The highest BCUT2D eigenvalue weighted by Crippen LogP contribution is 2.30. The lowest BCUT2D eigenvalue weighted by atomic mass is 10.0. The summed E-state index contributed by atoms with van der Waals surface area (Å²) < 4.78 is 1.53. The first kappa shape index (κ1) is 19.7. The largest absolute Gasteiger partial charge is 0.371 e. The van der Waals surface area contributed by atoms with Gasteiger partial charge in [-0.3, -0.25) is 4.79 Å². The Hall–Kier alpha value is -2.57. The van der Waals surface area contributed by atoms with Gasteiger partial charge in [0.15, 0.2) is 0 Å². The highest BCUT2D eigenvalue weighted by atomic mass is 35.5. The molecule has 1 aliphatic rings. The van der Waals surface area contributed by atoms with Gasteiger partial charge in [0.05, 0.1) is 16.2 Å². The summed E-state index contributed by atoms with van der Waals surface area (Å²) in [5.74, 6) is -0.551. The number of halogens is 1. The van der Waals surface area contributed by atoms with Crippen LogP contribution in [0, 0.1) is 6.92 Å². The Morgan fingerprint density at radius 1 is 1.17 bits per heavy atom. The van der Waals surface area contributed by atoms with Gasteiger partial charge in [0.1, 0.15) is 5.69 Å². The van der Waals surface area contributed by atoms with Crippen LogP contribution in [0.3, 0.4) is 0 Å². The van der Waals surface area contributed by atoms with Gasteiger partial charge in [-0.2, -0.15) is 5.10 Å². The lowest BCUT2D eigenvalue weighted by molar-refractivity contribution is 0.0994. The molecule has 152 valence electrons. The Kier molecular flexibility index (Phi) is 5.23. The molecule has 1 aromatic carbocycles. The van der Waals surface area contributed by atoms with Crippen LogP contribution in [0.1, 0.15) is 28.9 Å². The molecular formula is C22H26ClN5O. The Bertz CT molecular complexity index is 1070. The number of aromatic nitrogens is 2. The van der Waals surface area contributed by atoms with Crippen LogP contribution in [0.25, 0.3) is 16.8 Å². The van der Waals surface area contributed by atoms with Gasteiger partial charge in [-0.1, -0.05) is 17.7 Å². The van der Waals surface area contributed by atoms with Crippen LogP contribution in [0.5, 0.6) is 0 Å². The van der Waals surface area contributed by atoms with E-state index in [9.17, 15) is 4.79 Å². The van der Waals surface area contributed by atoms with E-state index in [4.69, 9.17) is 17.3 Å². The van der Waals surface area contributed by atoms with Gasteiger partial charge in [-0.15, -0.1) is 0 Å². The quantitative estimate of drug-likeness (QED) is 0.712. The molecule has 0 aliphatic carbocycles. The van der Waals surface area contributed by atoms with E-state index in [1.807, 2.05) is 12.1 Å². The van der Waals surface area contributed by atoms with Gasteiger partial charge in [0.2, 0.25) is 0 Å². The van der Waals surface area contributed by atoms with Gasteiger partial charge in [0, 0.05) is 30.4 Å². The summed E-state index contributed by atoms with van der Waals surface area (Å²) in [7, 11) is 4.31. The lowest BCUT2D eigenvalue weighted by Crippen LogP contribution is -2.42. The van der Waals surface area contributed by atoms with Crippen molar-refractivity contribution in [3.8, 4) is 11.3 Å². The minimum atomic E-state index is -0.551. The molecule has 3 heterocycles. The molecule has 6 nitrogen and oxygen atoms in total. The van der Waals surface area contributed by atoms with Crippen LogP contribution in [-0.4, -0.2) is 53.6 Å². The average molecular weight is 412 g/mol. The van der Waals surface area contributed by atoms with Crippen molar-refractivity contribution < 1.29 is 4.79 Å². The lowest BCUT2D eigenvalue weighted by Gasteiger charge is -2.36. The van der Waals surface area contributed by atoms with E-state index in [-0.39, 0.29) is 5.69 Å². The summed E-state index contributed by atoms with van der Waals surface area (Å²) in [6, 6.07) is 12.5. The van der Waals surface area contributed by atoms with Crippen molar-refractivity contribution in [1.29, 1.82) is 0 Å². The van der Waals surface area contributed by atoms with Crippen LogP contribution in [0.15, 0.2) is 36.4 Å². The molecule has 4 rings (SSSR count). The molecule has 2 N–H and O–H groups in total. The normalized spacial score (nSPS) is 15.4. The van der Waals surface area contributed by atoms with Crippen molar-refractivity contribution in [3.05, 3.63) is 52.7 Å². The van der Waals surface area contributed by atoms with Crippen molar-refractivity contribution in [3.63, 3.8) is 0 Å². The number of amides is 1. The van der Waals surface area contributed by atoms with Gasteiger partial charge < -0.3 is 15.5 Å².